The topological polar surface area (TPSA) is 35.5 Å². The maximum absolute atomic E-state index is 11.6. The molecule has 0 heterocycles. The first-order valence-electron chi connectivity index (χ1n) is 3.67. The second-order valence-electron chi connectivity index (χ2n) is 2.51. The molecule has 0 atom stereocenters. The lowest BCUT2D eigenvalue weighted by molar-refractivity contribution is 0.286. The van der Waals surface area contributed by atoms with Gasteiger partial charge in [-0.2, -0.15) is 0 Å². The number of hydrogen-bond acceptors (Lipinski definition) is 3. The van der Waals surface area contributed by atoms with Crippen LogP contribution >= 0.6 is 23.5 Å². The zero-order valence-corrected chi connectivity index (χ0v) is 10.7. The minimum absolute atomic E-state index is 0.865. The van der Waals surface area contributed by atoms with Crippen LogP contribution in [-0.4, -0.2) is 14.2 Å². The molecule has 3 nitrogen and oxygen atoms in total. The van der Waals surface area contributed by atoms with Crippen molar-refractivity contribution in [1.29, 1.82) is 0 Å². The third-order valence-electron chi connectivity index (χ3n) is 1.65. The van der Waals surface area contributed by atoms with Gasteiger partial charge in [0.25, 0.3) is 0 Å². The molecule has 13 heavy (non-hydrogen) atoms. The first-order chi connectivity index (χ1) is 5.99. The van der Waals surface area contributed by atoms with Gasteiger partial charge in [0.1, 0.15) is 0 Å². The van der Waals surface area contributed by atoms with Crippen molar-refractivity contribution in [2.75, 3.05) is 14.2 Å². The average molecular weight is 269 g/mol. The van der Waals surface area contributed by atoms with Gasteiger partial charge in [-0.1, -0.05) is 15.9 Å². The molecule has 0 radical (unpaired) electrons. The molecule has 0 aliphatic heterocycles. The molecule has 0 aliphatic carbocycles. The predicted octanol–water partition coefficient (Wildman–Crippen LogP) is 3.67. The van der Waals surface area contributed by atoms with Gasteiger partial charge in [0.2, 0.25) is 0 Å². The van der Waals surface area contributed by atoms with Crippen LogP contribution in [0.4, 0.5) is 0 Å². The van der Waals surface area contributed by atoms with Crippen molar-refractivity contribution in [3.8, 4) is 0 Å². The van der Waals surface area contributed by atoms with Crippen LogP contribution in [0, 0.1) is 0 Å². The van der Waals surface area contributed by atoms with E-state index in [1.807, 2.05) is 13.8 Å². The van der Waals surface area contributed by atoms with E-state index in [2.05, 4.69) is 15.9 Å². The van der Waals surface area contributed by atoms with Crippen molar-refractivity contribution < 1.29 is 13.6 Å². The molecule has 0 fully saturated rings. The lowest BCUT2D eigenvalue weighted by Crippen LogP contribution is -1.86. The summed E-state index contributed by atoms with van der Waals surface area (Å²) in [4.78, 5) is 1.76. The fourth-order valence-corrected chi connectivity index (χ4v) is 2.00. The Morgan fingerprint density at radius 2 is 1.69 bits per heavy atom. The third kappa shape index (κ3) is 4.23. The fraction of sp³-hybridized carbons (Fsp3) is 0.500. The summed E-state index contributed by atoms with van der Waals surface area (Å²) in [5, 5.41) is 0. The molecule has 0 rings (SSSR count). The summed E-state index contributed by atoms with van der Waals surface area (Å²) >= 11 is 3.19. The van der Waals surface area contributed by atoms with Gasteiger partial charge >= 0.3 is 7.60 Å². The number of rotatable bonds is 4. The van der Waals surface area contributed by atoms with Gasteiger partial charge in [-0.3, -0.25) is 4.57 Å². The van der Waals surface area contributed by atoms with Gasteiger partial charge in [0, 0.05) is 20.0 Å². The molecule has 0 aromatic rings. The molecule has 0 N–H and O–H groups in total. The lowest BCUT2D eigenvalue weighted by atomic mass is 10.2. The zero-order chi connectivity index (χ0) is 10.5. The van der Waals surface area contributed by atoms with Crippen LogP contribution in [0.15, 0.2) is 21.9 Å². The first kappa shape index (κ1) is 13.1. The van der Waals surface area contributed by atoms with Gasteiger partial charge in [0.15, 0.2) is 0 Å². The highest BCUT2D eigenvalue weighted by Gasteiger charge is 2.17. The molecule has 0 spiro atoms. The summed E-state index contributed by atoms with van der Waals surface area (Å²) in [7, 11) is -0.303. The molecular weight excluding hydrogens is 255 g/mol. The Hall–Kier alpha value is 0.110. The van der Waals surface area contributed by atoms with Gasteiger partial charge in [-0.15, -0.1) is 0 Å². The maximum Gasteiger partial charge on any atom is 0.353 e. The summed E-state index contributed by atoms with van der Waals surface area (Å²) in [6, 6.07) is 0. The summed E-state index contributed by atoms with van der Waals surface area (Å²) in [6.45, 7) is 3.74. The Morgan fingerprint density at radius 1 is 1.23 bits per heavy atom. The molecule has 5 heteroatoms. The SMILES string of the molecule is COP(=O)(/C=C(C)/C(C)=C/Br)OC. The quantitative estimate of drug-likeness (QED) is 0.577. The normalized spacial score (nSPS) is 14.8. The van der Waals surface area contributed by atoms with Crippen molar-refractivity contribution in [2.45, 2.75) is 13.8 Å². The van der Waals surface area contributed by atoms with Crippen molar-refractivity contribution in [3.05, 3.63) is 21.9 Å². The fourth-order valence-electron chi connectivity index (χ4n) is 0.605. The highest BCUT2D eigenvalue weighted by molar-refractivity contribution is 9.11. The number of hydrogen-bond donors (Lipinski definition) is 0. The van der Waals surface area contributed by atoms with Crippen LogP contribution in [-0.2, 0) is 13.6 Å². The van der Waals surface area contributed by atoms with Crippen LogP contribution in [0.3, 0.4) is 0 Å². The molecule has 0 amide bonds. The molecular formula is C8H14BrO3P. The summed E-state index contributed by atoms with van der Waals surface area (Å²) in [6.07, 6.45) is 0. The van der Waals surface area contributed by atoms with E-state index in [1.165, 1.54) is 20.0 Å². The van der Waals surface area contributed by atoms with E-state index in [-0.39, 0.29) is 0 Å². The number of halogens is 1. The largest absolute Gasteiger partial charge is 0.353 e. The molecule has 0 unspecified atom stereocenters. The second kappa shape index (κ2) is 5.76. The smallest absolute Gasteiger partial charge is 0.309 e. The summed E-state index contributed by atoms with van der Waals surface area (Å²) in [5.74, 6) is 1.50. The highest BCUT2D eigenvalue weighted by Crippen LogP contribution is 2.49. The van der Waals surface area contributed by atoms with Crippen molar-refractivity contribution >= 4 is 23.5 Å². The van der Waals surface area contributed by atoms with E-state index in [0.29, 0.717) is 0 Å². The Morgan fingerprint density at radius 3 is 2.00 bits per heavy atom. The molecule has 0 aromatic carbocycles. The van der Waals surface area contributed by atoms with E-state index in [9.17, 15) is 4.57 Å². The Labute approximate surface area is 87.5 Å². The van der Waals surface area contributed by atoms with E-state index < -0.39 is 7.60 Å². The van der Waals surface area contributed by atoms with Crippen LogP contribution in [0.1, 0.15) is 13.8 Å². The lowest BCUT2D eigenvalue weighted by Gasteiger charge is -2.10. The average Bonchev–Trinajstić information content (AvgIpc) is 2.16. The van der Waals surface area contributed by atoms with Gasteiger partial charge in [0.05, 0.1) is 0 Å². The van der Waals surface area contributed by atoms with E-state index in [1.54, 1.807) is 4.99 Å². The summed E-state index contributed by atoms with van der Waals surface area (Å²) in [5.41, 5.74) is 1.85. The monoisotopic (exact) mass is 268 g/mol. The number of allylic oxidation sites excluding steroid dienone is 2. The van der Waals surface area contributed by atoms with E-state index >= 15 is 0 Å². The van der Waals surface area contributed by atoms with Crippen molar-refractivity contribution in [2.24, 2.45) is 0 Å². The highest BCUT2D eigenvalue weighted by atomic mass is 79.9. The minimum Gasteiger partial charge on any atom is -0.309 e. The van der Waals surface area contributed by atoms with Crippen LogP contribution in [0.5, 0.6) is 0 Å². The Kier molecular flexibility index (Phi) is 5.81. The van der Waals surface area contributed by atoms with E-state index in [0.717, 1.165) is 11.1 Å². The minimum atomic E-state index is -3.03. The standard InChI is InChI=1S/C8H14BrO3P/c1-7(5-9)8(2)6-13(10,11-3)12-4/h5-6H,1-4H3/b7-5+,8-6+. The molecule has 0 aromatic heterocycles. The molecule has 0 bridgehead atoms. The maximum atomic E-state index is 11.6. The van der Waals surface area contributed by atoms with Gasteiger partial charge < -0.3 is 9.05 Å². The first-order valence-corrected chi connectivity index (χ1v) is 6.20. The van der Waals surface area contributed by atoms with Crippen molar-refractivity contribution in [3.63, 3.8) is 0 Å². The van der Waals surface area contributed by atoms with Crippen LogP contribution < -0.4 is 0 Å². The molecule has 76 valence electrons. The third-order valence-corrected chi connectivity index (χ3v) is 4.05. The van der Waals surface area contributed by atoms with Crippen LogP contribution in [0.25, 0.3) is 0 Å². The summed E-state index contributed by atoms with van der Waals surface area (Å²) < 4.78 is 21.2. The van der Waals surface area contributed by atoms with Gasteiger partial charge in [-0.05, 0) is 30.0 Å². The Bertz CT molecular complexity index is 263. The molecule has 0 saturated carbocycles. The Balaban J connectivity index is 4.82. The predicted molar refractivity (Wildman–Crippen MR) is 58.1 cm³/mol. The van der Waals surface area contributed by atoms with Crippen molar-refractivity contribution in [1.82, 2.24) is 0 Å². The zero-order valence-electron chi connectivity index (χ0n) is 8.20. The molecule has 0 saturated heterocycles. The van der Waals surface area contributed by atoms with Crippen LogP contribution in [0.2, 0.25) is 0 Å². The van der Waals surface area contributed by atoms with E-state index in [4.69, 9.17) is 9.05 Å². The second-order valence-corrected chi connectivity index (χ2v) is 5.04. The van der Waals surface area contributed by atoms with Gasteiger partial charge in [-0.25, -0.2) is 0 Å². The molecule has 0 aliphatic rings.